The van der Waals surface area contributed by atoms with Gasteiger partial charge in [-0.3, -0.25) is 9.89 Å². The number of nitrogens with two attached hydrogens (primary N) is 2. The van der Waals surface area contributed by atoms with Gasteiger partial charge in [0, 0.05) is 6.08 Å². The van der Waals surface area contributed by atoms with Crippen LogP contribution in [0.25, 0.3) is 6.08 Å². The first-order valence-corrected chi connectivity index (χ1v) is 3.36. The summed E-state index contributed by atoms with van der Waals surface area (Å²) in [6, 6.07) is 1.85. The van der Waals surface area contributed by atoms with Gasteiger partial charge < -0.3 is 11.5 Å². The number of H-pyrrole nitrogens is 1. The van der Waals surface area contributed by atoms with Crippen LogP contribution in [0.2, 0.25) is 0 Å². The lowest BCUT2D eigenvalue weighted by Gasteiger charge is -1.85. The van der Waals surface area contributed by atoms with E-state index in [0.717, 1.165) is 6.08 Å². The molecule has 0 aliphatic heterocycles. The molecular weight excluding hydrogens is 170 g/mol. The smallest absolute Gasteiger partial charge is 0.241 e. The average Bonchev–Trinajstić information content (AvgIpc) is 2.42. The van der Waals surface area contributed by atoms with E-state index in [4.69, 9.17) is 16.7 Å². The van der Waals surface area contributed by atoms with E-state index in [1.807, 2.05) is 6.07 Å². The number of hydrogen-bond donors (Lipinski definition) is 3. The van der Waals surface area contributed by atoms with Crippen molar-refractivity contribution in [1.29, 1.82) is 5.26 Å². The highest BCUT2D eigenvalue weighted by Crippen LogP contribution is 2.12. The molecule has 1 aromatic heterocycles. The molecule has 66 valence electrons. The molecule has 0 saturated carbocycles. The van der Waals surface area contributed by atoms with Gasteiger partial charge in [-0.25, -0.2) is 0 Å². The maximum Gasteiger partial charge on any atom is 0.241 e. The van der Waals surface area contributed by atoms with E-state index in [0.29, 0.717) is 5.69 Å². The SMILES string of the molecule is N#Cc1c(N)n[nH]c1C=CC(N)=O. The van der Waals surface area contributed by atoms with Crippen molar-refractivity contribution in [2.45, 2.75) is 0 Å². The van der Waals surface area contributed by atoms with Crippen LogP contribution in [0.3, 0.4) is 0 Å². The maximum atomic E-state index is 10.4. The number of carbonyl (C=O) groups excluding carboxylic acids is 1. The molecule has 0 aromatic carbocycles. The van der Waals surface area contributed by atoms with Gasteiger partial charge in [0.25, 0.3) is 0 Å². The summed E-state index contributed by atoms with van der Waals surface area (Å²) in [6.45, 7) is 0. The molecule has 0 radical (unpaired) electrons. The number of nitrogens with one attached hydrogen (secondary N) is 1. The molecule has 6 heteroatoms. The van der Waals surface area contributed by atoms with Crippen LogP contribution in [-0.4, -0.2) is 16.1 Å². The number of primary amides is 1. The number of anilines is 1. The molecular formula is C7H7N5O. The zero-order valence-electron chi connectivity index (χ0n) is 6.61. The summed E-state index contributed by atoms with van der Waals surface area (Å²) in [4.78, 5) is 10.4. The molecule has 1 aromatic rings. The zero-order chi connectivity index (χ0) is 9.84. The monoisotopic (exact) mass is 177 g/mol. The molecule has 6 nitrogen and oxygen atoms in total. The van der Waals surface area contributed by atoms with Gasteiger partial charge in [0.15, 0.2) is 5.82 Å². The standard InChI is InChI=1S/C7H7N5O/c8-3-4-5(1-2-6(9)13)11-12-7(4)10/h1-2H,(H2,9,13)(H3,10,11,12). The normalized spacial score (nSPS) is 10.1. The molecule has 0 atom stereocenters. The van der Waals surface area contributed by atoms with Crippen LogP contribution in [0.4, 0.5) is 5.82 Å². The summed E-state index contributed by atoms with van der Waals surface area (Å²) >= 11 is 0. The van der Waals surface area contributed by atoms with Gasteiger partial charge in [-0.15, -0.1) is 0 Å². The Bertz CT molecular complexity index is 398. The third kappa shape index (κ3) is 1.84. The Hall–Kier alpha value is -2.29. The van der Waals surface area contributed by atoms with E-state index < -0.39 is 5.91 Å². The Balaban J connectivity index is 3.03. The third-order valence-electron chi connectivity index (χ3n) is 1.35. The van der Waals surface area contributed by atoms with Gasteiger partial charge in [-0.1, -0.05) is 0 Å². The van der Waals surface area contributed by atoms with Crippen LogP contribution in [-0.2, 0) is 4.79 Å². The highest BCUT2D eigenvalue weighted by molar-refractivity contribution is 5.90. The van der Waals surface area contributed by atoms with Crippen molar-refractivity contribution >= 4 is 17.8 Å². The van der Waals surface area contributed by atoms with Crippen molar-refractivity contribution in [3.8, 4) is 6.07 Å². The second kappa shape index (κ2) is 3.40. The molecule has 1 rings (SSSR count). The molecule has 0 spiro atoms. The fraction of sp³-hybridized carbons (Fsp3) is 0. The summed E-state index contributed by atoms with van der Waals surface area (Å²) in [6.07, 6.45) is 2.47. The highest BCUT2D eigenvalue weighted by Gasteiger charge is 2.06. The lowest BCUT2D eigenvalue weighted by molar-refractivity contribution is -0.113. The summed E-state index contributed by atoms with van der Waals surface area (Å²) in [5.41, 5.74) is 10.8. The minimum absolute atomic E-state index is 0.103. The van der Waals surface area contributed by atoms with E-state index in [-0.39, 0.29) is 11.4 Å². The first-order chi connectivity index (χ1) is 6.15. The fourth-order valence-corrected chi connectivity index (χ4v) is 0.774. The number of nitriles is 1. The van der Waals surface area contributed by atoms with Crippen molar-refractivity contribution in [3.05, 3.63) is 17.3 Å². The first-order valence-electron chi connectivity index (χ1n) is 3.36. The Morgan fingerprint density at radius 3 is 2.92 bits per heavy atom. The number of carbonyl (C=O) groups is 1. The van der Waals surface area contributed by atoms with Crippen molar-refractivity contribution in [2.24, 2.45) is 5.73 Å². The summed E-state index contributed by atoms with van der Waals surface area (Å²) in [5.74, 6) is -0.497. The topological polar surface area (TPSA) is 122 Å². The van der Waals surface area contributed by atoms with E-state index in [2.05, 4.69) is 10.2 Å². The Morgan fingerprint density at radius 2 is 2.38 bits per heavy atom. The molecule has 0 unspecified atom stereocenters. The van der Waals surface area contributed by atoms with Gasteiger partial charge in [0.05, 0.1) is 5.69 Å². The fourth-order valence-electron chi connectivity index (χ4n) is 0.774. The lowest BCUT2D eigenvalue weighted by atomic mass is 10.2. The van der Waals surface area contributed by atoms with Crippen LogP contribution in [0.5, 0.6) is 0 Å². The van der Waals surface area contributed by atoms with Crippen molar-refractivity contribution in [2.75, 3.05) is 5.73 Å². The van der Waals surface area contributed by atoms with Gasteiger partial charge in [-0.05, 0) is 6.08 Å². The summed E-state index contributed by atoms with van der Waals surface area (Å²) in [5, 5.41) is 14.7. The lowest BCUT2D eigenvalue weighted by Crippen LogP contribution is -2.05. The predicted molar refractivity (Wildman–Crippen MR) is 45.9 cm³/mol. The number of nitrogen functional groups attached to an aromatic ring is 1. The number of amides is 1. The van der Waals surface area contributed by atoms with Gasteiger partial charge in [-0.2, -0.15) is 10.4 Å². The molecule has 0 aliphatic carbocycles. The summed E-state index contributed by atoms with van der Waals surface area (Å²) < 4.78 is 0. The molecule has 0 saturated heterocycles. The minimum Gasteiger partial charge on any atom is -0.381 e. The van der Waals surface area contributed by atoms with Crippen molar-refractivity contribution in [3.63, 3.8) is 0 Å². The maximum absolute atomic E-state index is 10.4. The molecule has 13 heavy (non-hydrogen) atoms. The van der Waals surface area contributed by atoms with Gasteiger partial charge >= 0.3 is 0 Å². The number of rotatable bonds is 2. The number of hydrogen-bond acceptors (Lipinski definition) is 4. The number of nitrogens with zero attached hydrogens (tertiary/aromatic N) is 2. The second-order valence-electron chi connectivity index (χ2n) is 2.25. The third-order valence-corrected chi connectivity index (χ3v) is 1.35. The van der Waals surface area contributed by atoms with Crippen LogP contribution in [0.15, 0.2) is 6.08 Å². The van der Waals surface area contributed by atoms with E-state index in [1.54, 1.807) is 0 Å². The average molecular weight is 177 g/mol. The summed E-state index contributed by atoms with van der Waals surface area (Å²) in [7, 11) is 0. The van der Waals surface area contributed by atoms with Crippen molar-refractivity contribution < 1.29 is 4.79 Å². The predicted octanol–water partition coefficient (Wildman–Crippen LogP) is -0.638. The number of aromatic nitrogens is 2. The largest absolute Gasteiger partial charge is 0.381 e. The minimum atomic E-state index is -0.600. The first kappa shape index (κ1) is 8.80. The van der Waals surface area contributed by atoms with Crippen LogP contribution in [0, 0.1) is 11.3 Å². The zero-order valence-corrected chi connectivity index (χ0v) is 6.61. The van der Waals surface area contributed by atoms with E-state index in [1.165, 1.54) is 6.08 Å². The van der Waals surface area contributed by atoms with E-state index in [9.17, 15) is 4.79 Å². The van der Waals surface area contributed by atoms with Gasteiger partial charge in [0.1, 0.15) is 11.6 Å². The van der Waals surface area contributed by atoms with Crippen LogP contribution >= 0.6 is 0 Å². The second-order valence-corrected chi connectivity index (χ2v) is 2.25. The molecule has 1 amide bonds. The molecule has 0 bridgehead atoms. The Labute approximate surface area is 73.8 Å². The molecule has 0 fully saturated rings. The van der Waals surface area contributed by atoms with Crippen LogP contribution < -0.4 is 11.5 Å². The van der Waals surface area contributed by atoms with Crippen LogP contribution in [0.1, 0.15) is 11.3 Å². The van der Waals surface area contributed by atoms with Crippen molar-refractivity contribution in [1.82, 2.24) is 10.2 Å². The van der Waals surface area contributed by atoms with Gasteiger partial charge in [0.2, 0.25) is 5.91 Å². The molecule has 0 aliphatic rings. The molecule has 5 N–H and O–H groups in total. The quantitative estimate of drug-likeness (QED) is 0.520. The Kier molecular flexibility index (Phi) is 2.31. The Morgan fingerprint density at radius 1 is 1.69 bits per heavy atom. The number of aromatic amines is 1. The highest BCUT2D eigenvalue weighted by atomic mass is 16.1. The molecule has 1 heterocycles. The van der Waals surface area contributed by atoms with E-state index >= 15 is 0 Å².